The van der Waals surface area contributed by atoms with Gasteiger partial charge < -0.3 is 23.9 Å². The van der Waals surface area contributed by atoms with Crippen LogP contribution in [0.15, 0.2) is 75.3 Å². The zero-order valence-corrected chi connectivity index (χ0v) is 18.4. The molecule has 162 valence electrons. The van der Waals surface area contributed by atoms with Crippen LogP contribution in [0.5, 0.6) is 11.5 Å². The Hall–Kier alpha value is -3.52. The molecule has 0 unspecified atom stereocenters. The summed E-state index contributed by atoms with van der Waals surface area (Å²) in [7, 11) is 0. The summed E-state index contributed by atoms with van der Waals surface area (Å²) in [6.45, 7) is 0.930. The Morgan fingerprint density at radius 2 is 1.78 bits per heavy atom. The first-order valence-electron chi connectivity index (χ1n) is 9.99. The van der Waals surface area contributed by atoms with Crippen LogP contribution in [0, 0.1) is 0 Å². The van der Waals surface area contributed by atoms with Gasteiger partial charge in [0.05, 0.1) is 24.4 Å². The maximum atomic E-state index is 13.1. The normalized spacial score (nSPS) is 19.4. The van der Waals surface area contributed by atoms with Gasteiger partial charge in [-0.15, -0.1) is 0 Å². The van der Waals surface area contributed by atoms with Crippen LogP contribution < -0.4 is 9.47 Å². The van der Waals surface area contributed by atoms with E-state index in [1.807, 2.05) is 24.3 Å². The van der Waals surface area contributed by atoms with Gasteiger partial charge in [0.2, 0.25) is 0 Å². The predicted molar refractivity (Wildman–Crippen MR) is 118 cm³/mol. The molecular formula is C24H18BrNO6. The van der Waals surface area contributed by atoms with Gasteiger partial charge >= 0.3 is 0 Å². The molecule has 1 amide bonds. The molecule has 0 radical (unpaired) electrons. The average molecular weight is 496 g/mol. The molecule has 2 aromatic carbocycles. The molecule has 7 nitrogen and oxygen atoms in total. The van der Waals surface area contributed by atoms with Crippen molar-refractivity contribution < 1.29 is 28.6 Å². The van der Waals surface area contributed by atoms with E-state index in [-0.39, 0.29) is 17.9 Å². The predicted octanol–water partition coefficient (Wildman–Crippen LogP) is 4.44. The number of likely N-dealkylation sites (tertiary alicyclic amines) is 1. The molecule has 3 heterocycles. The molecule has 0 saturated carbocycles. The molecule has 1 saturated heterocycles. The minimum absolute atomic E-state index is 0.0144. The molecule has 1 atom stereocenters. The van der Waals surface area contributed by atoms with Crippen LogP contribution in [0.2, 0.25) is 0 Å². The summed E-state index contributed by atoms with van der Waals surface area (Å²) in [5, 5.41) is 11.2. The number of hydrogen-bond donors (Lipinski definition) is 1. The SMILES string of the molecule is O=C1C(=O)N(Cc2ccco2)[C@H](c2ccc(Br)cc2)C1=C(O)c1ccc2c(c1)OCCO2. The number of aliphatic hydroxyl groups is 1. The third kappa shape index (κ3) is 3.56. The summed E-state index contributed by atoms with van der Waals surface area (Å²) in [5.74, 6) is -0.144. The van der Waals surface area contributed by atoms with Crippen molar-refractivity contribution in [3.63, 3.8) is 0 Å². The van der Waals surface area contributed by atoms with Crippen molar-refractivity contribution in [2.24, 2.45) is 0 Å². The summed E-state index contributed by atoms with van der Waals surface area (Å²) in [5.41, 5.74) is 1.07. The molecule has 0 bridgehead atoms. The van der Waals surface area contributed by atoms with E-state index in [0.717, 1.165) is 4.47 Å². The fraction of sp³-hybridized carbons (Fsp3) is 0.167. The van der Waals surface area contributed by atoms with Crippen LogP contribution in [0.4, 0.5) is 0 Å². The number of nitrogens with zero attached hydrogens (tertiary/aromatic N) is 1. The summed E-state index contributed by atoms with van der Waals surface area (Å²) in [6.07, 6.45) is 1.51. The number of rotatable bonds is 4. The summed E-state index contributed by atoms with van der Waals surface area (Å²) in [4.78, 5) is 27.5. The highest BCUT2D eigenvalue weighted by atomic mass is 79.9. The van der Waals surface area contributed by atoms with Gasteiger partial charge in [0.25, 0.3) is 11.7 Å². The van der Waals surface area contributed by atoms with E-state index in [2.05, 4.69) is 15.9 Å². The van der Waals surface area contributed by atoms with Crippen LogP contribution in [-0.2, 0) is 16.1 Å². The smallest absolute Gasteiger partial charge is 0.296 e. The van der Waals surface area contributed by atoms with Gasteiger partial charge in [0.15, 0.2) is 11.5 Å². The first-order valence-corrected chi connectivity index (χ1v) is 10.8. The Morgan fingerprint density at radius 1 is 1.03 bits per heavy atom. The Labute approximate surface area is 192 Å². The van der Waals surface area contributed by atoms with Gasteiger partial charge in [-0.2, -0.15) is 0 Å². The third-order valence-electron chi connectivity index (χ3n) is 5.45. The molecule has 0 aliphatic carbocycles. The van der Waals surface area contributed by atoms with Crippen molar-refractivity contribution in [1.82, 2.24) is 4.90 Å². The number of aliphatic hydroxyl groups excluding tert-OH is 1. The molecule has 2 aliphatic rings. The van der Waals surface area contributed by atoms with Crippen molar-refractivity contribution >= 4 is 33.4 Å². The third-order valence-corrected chi connectivity index (χ3v) is 5.98. The van der Waals surface area contributed by atoms with Crippen molar-refractivity contribution in [3.8, 4) is 11.5 Å². The Kier molecular flexibility index (Phi) is 5.22. The van der Waals surface area contributed by atoms with Crippen molar-refractivity contribution in [2.75, 3.05) is 13.2 Å². The number of carbonyl (C=O) groups is 2. The van der Waals surface area contributed by atoms with E-state index in [0.29, 0.717) is 41.6 Å². The molecule has 0 spiro atoms. The van der Waals surface area contributed by atoms with Gasteiger partial charge in [-0.25, -0.2) is 0 Å². The summed E-state index contributed by atoms with van der Waals surface area (Å²) in [6, 6.07) is 14.9. The van der Waals surface area contributed by atoms with E-state index in [1.54, 1.807) is 30.3 Å². The first-order chi connectivity index (χ1) is 15.5. The monoisotopic (exact) mass is 495 g/mol. The van der Waals surface area contributed by atoms with Gasteiger partial charge in [-0.1, -0.05) is 28.1 Å². The lowest BCUT2D eigenvalue weighted by molar-refractivity contribution is -0.140. The molecule has 5 rings (SSSR count). The maximum absolute atomic E-state index is 13.1. The van der Waals surface area contributed by atoms with Crippen molar-refractivity contribution in [1.29, 1.82) is 0 Å². The Morgan fingerprint density at radius 3 is 2.50 bits per heavy atom. The highest BCUT2D eigenvalue weighted by Crippen LogP contribution is 2.42. The zero-order valence-electron chi connectivity index (χ0n) is 16.8. The minimum atomic E-state index is -0.776. The van der Waals surface area contributed by atoms with Gasteiger partial charge in [0.1, 0.15) is 24.7 Å². The topological polar surface area (TPSA) is 89.2 Å². The fourth-order valence-corrected chi connectivity index (χ4v) is 4.22. The number of carbonyl (C=O) groups excluding carboxylic acids is 2. The van der Waals surface area contributed by atoms with E-state index in [1.165, 1.54) is 11.2 Å². The number of fused-ring (bicyclic) bond motifs is 1. The molecule has 1 aromatic heterocycles. The summed E-state index contributed by atoms with van der Waals surface area (Å²) >= 11 is 3.41. The number of ketones is 1. The quantitative estimate of drug-likeness (QED) is 0.327. The Balaban J connectivity index is 1.63. The lowest BCUT2D eigenvalue weighted by atomic mass is 9.95. The number of furan rings is 1. The molecule has 1 fully saturated rings. The highest BCUT2D eigenvalue weighted by Gasteiger charge is 2.46. The fourth-order valence-electron chi connectivity index (χ4n) is 3.95. The van der Waals surface area contributed by atoms with Crippen LogP contribution in [-0.4, -0.2) is 34.9 Å². The second-order valence-electron chi connectivity index (χ2n) is 7.42. The highest BCUT2D eigenvalue weighted by molar-refractivity contribution is 9.10. The van der Waals surface area contributed by atoms with Crippen LogP contribution in [0.3, 0.4) is 0 Å². The van der Waals surface area contributed by atoms with Crippen molar-refractivity contribution in [3.05, 3.63) is 87.8 Å². The molecule has 8 heteroatoms. The second-order valence-corrected chi connectivity index (χ2v) is 8.33. The van der Waals surface area contributed by atoms with Crippen molar-refractivity contribution in [2.45, 2.75) is 12.6 Å². The van der Waals surface area contributed by atoms with E-state index >= 15 is 0 Å². The molecule has 32 heavy (non-hydrogen) atoms. The second kappa shape index (κ2) is 8.20. The minimum Gasteiger partial charge on any atom is -0.507 e. The number of Topliss-reactive ketones (excluding diaryl/α,β-unsaturated/α-hetero) is 1. The lowest BCUT2D eigenvalue weighted by Crippen LogP contribution is -2.29. The lowest BCUT2D eigenvalue weighted by Gasteiger charge is -2.24. The molecule has 2 aliphatic heterocycles. The van der Waals surface area contributed by atoms with Gasteiger partial charge in [-0.3, -0.25) is 9.59 Å². The molecule has 1 N–H and O–H groups in total. The van der Waals surface area contributed by atoms with Gasteiger partial charge in [-0.05, 0) is 48.0 Å². The average Bonchev–Trinajstić information content (AvgIpc) is 3.41. The molecule has 3 aromatic rings. The Bertz CT molecular complexity index is 1220. The van der Waals surface area contributed by atoms with Gasteiger partial charge in [0, 0.05) is 10.0 Å². The number of halogens is 1. The van der Waals surface area contributed by atoms with E-state index in [9.17, 15) is 14.7 Å². The maximum Gasteiger partial charge on any atom is 0.296 e. The number of benzene rings is 2. The standard InChI is InChI=1S/C24H18BrNO6/c25-16-6-3-14(4-7-16)21-20(23(28)24(29)26(21)13-17-2-1-9-30-17)22(27)15-5-8-18-19(12-15)32-11-10-31-18/h1-9,12,21,27H,10-11,13H2/t21-/m1/s1. The molecular weight excluding hydrogens is 478 g/mol. The largest absolute Gasteiger partial charge is 0.507 e. The number of ether oxygens (including phenoxy) is 2. The van der Waals surface area contributed by atoms with Crippen LogP contribution in [0.25, 0.3) is 5.76 Å². The van der Waals surface area contributed by atoms with E-state index < -0.39 is 17.7 Å². The number of amides is 1. The van der Waals surface area contributed by atoms with Crippen LogP contribution in [0.1, 0.15) is 22.9 Å². The van der Waals surface area contributed by atoms with E-state index in [4.69, 9.17) is 13.9 Å². The number of hydrogen-bond acceptors (Lipinski definition) is 6. The zero-order chi connectivity index (χ0) is 22.2. The summed E-state index contributed by atoms with van der Waals surface area (Å²) < 4.78 is 17.4. The first kappa shape index (κ1) is 20.4. The van der Waals surface area contributed by atoms with Crippen LogP contribution >= 0.6 is 15.9 Å².